The first-order valence-corrected chi connectivity index (χ1v) is 10.4. The standard InChI is InChI=1S/C20H27N7O4/c1-3-30-20(28)26(2)14-8-15(9-14)31-17-10-16(13-11-22-18(21)23-12-13)24-19(25-17)27-4-6-29-7-5-27/h10-12,14-15H,3-9H2,1-2H3,(H2,21,22,23). The summed E-state index contributed by atoms with van der Waals surface area (Å²) in [4.78, 5) is 33.0. The number of anilines is 2. The van der Waals surface area contributed by atoms with E-state index in [1.165, 1.54) is 0 Å². The molecule has 1 aliphatic heterocycles. The molecule has 0 aromatic carbocycles. The topological polar surface area (TPSA) is 129 Å². The average molecular weight is 429 g/mol. The quantitative estimate of drug-likeness (QED) is 0.718. The van der Waals surface area contributed by atoms with Gasteiger partial charge in [-0.15, -0.1) is 0 Å². The molecule has 2 N–H and O–H groups in total. The Labute approximate surface area is 180 Å². The highest BCUT2D eigenvalue weighted by atomic mass is 16.6. The van der Waals surface area contributed by atoms with Crippen LogP contribution in [0.5, 0.6) is 5.88 Å². The predicted molar refractivity (Wildman–Crippen MR) is 113 cm³/mol. The molecule has 4 rings (SSSR count). The second-order valence-electron chi connectivity index (χ2n) is 7.50. The number of ether oxygens (including phenoxy) is 3. The molecule has 2 aromatic rings. The minimum absolute atomic E-state index is 0.0372. The van der Waals surface area contributed by atoms with E-state index in [9.17, 15) is 4.79 Å². The molecule has 1 amide bonds. The van der Waals surface area contributed by atoms with Crippen molar-refractivity contribution in [2.75, 3.05) is 50.6 Å². The second-order valence-corrected chi connectivity index (χ2v) is 7.50. The Bertz CT molecular complexity index is 899. The molecule has 0 radical (unpaired) electrons. The molecule has 166 valence electrons. The number of carbonyl (C=O) groups is 1. The fourth-order valence-electron chi connectivity index (χ4n) is 3.49. The highest BCUT2D eigenvalue weighted by Gasteiger charge is 2.36. The van der Waals surface area contributed by atoms with E-state index in [4.69, 9.17) is 19.9 Å². The first-order valence-electron chi connectivity index (χ1n) is 10.4. The molecule has 0 unspecified atom stereocenters. The lowest BCUT2D eigenvalue weighted by atomic mass is 9.88. The first-order chi connectivity index (χ1) is 15.0. The number of morpholine rings is 1. The molecule has 0 spiro atoms. The van der Waals surface area contributed by atoms with Gasteiger partial charge in [-0.3, -0.25) is 0 Å². The van der Waals surface area contributed by atoms with Crippen molar-refractivity contribution in [1.82, 2.24) is 24.8 Å². The van der Waals surface area contributed by atoms with Crippen LogP contribution in [0.1, 0.15) is 19.8 Å². The van der Waals surface area contributed by atoms with Crippen molar-refractivity contribution in [3.63, 3.8) is 0 Å². The van der Waals surface area contributed by atoms with Crippen LogP contribution < -0.4 is 15.4 Å². The number of amides is 1. The van der Waals surface area contributed by atoms with Crippen molar-refractivity contribution in [2.24, 2.45) is 0 Å². The molecular weight excluding hydrogens is 402 g/mol. The summed E-state index contributed by atoms with van der Waals surface area (Å²) in [6.45, 7) is 4.81. The van der Waals surface area contributed by atoms with Crippen molar-refractivity contribution in [3.05, 3.63) is 18.5 Å². The summed E-state index contributed by atoms with van der Waals surface area (Å²) < 4.78 is 16.6. The number of hydrogen-bond donors (Lipinski definition) is 1. The molecule has 3 heterocycles. The molecule has 2 aromatic heterocycles. The number of nitrogen functional groups attached to an aromatic ring is 1. The van der Waals surface area contributed by atoms with Gasteiger partial charge in [-0.1, -0.05) is 0 Å². The molecule has 2 aliphatic rings. The van der Waals surface area contributed by atoms with Crippen LogP contribution in [0.3, 0.4) is 0 Å². The van der Waals surface area contributed by atoms with E-state index >= 15 is 0 Å². The molecule has 31 heavy (non-hydrogen) atoms. The summed E-state index contributed by atoms with van der Waals surface area (Å²) in [6.07, 6.45) is 4.34. The SMILES string of the molecule is CCOC(=O)N(C)C1CC(Oc2cc(-c3cnc(N)nc3)nc(N3CCOCC3)n2)C1. The highest BCUT2D eigenvalue weighted by Crippen LogP contribution is 2.31. The van der Waals surface area contributed by atoms with Crippen molar-refractivity contribution in [2.45, 2.75) is 31.9 Å². The van der Waals surface area contributed by atoms with Crippen molar-refractivity contribution < 1.29 is 19.0 Å². The highest BCUT2D eigenvalue weighted by molar-refractivity contribution is 5.67. The average Bonchev–Trinajstić information content (AvgIpc) is 2.76. The summed E-state index contributed by atoms with van der Waals surface area (Å²) in [6, 6.07) is 1.87. The number of aromatic nitrogens is 4. The molecule has 1 saturated heterocycles. The molecule has 1 aliphatic carbocycles. The lowest BCUT2D eigenvalue weighted by molar-refractivity contribution is 0.0209. The van der Waals surface area contributed by atoms with Crippen molar-refractivity contribution >= 4 is 18.0 Å². The van der Waals surface area contributed by atoms with Crippen LogP contribution >= 0.6 is 0 Å². The Morgan fingerprint density at radius 2 is 1.97 bits per heavy atom. The number of carbonyl (C=O) groups excluding carboxylic acids is 1. The summed E-state index contributed by atoms with van der Waals surface area (Å²) in [5.74, 6) is 1.26. The molecule has 1 saturated carbocycles. The van der Waals surface area contributed by atoms with Crippen molar-refractivity contribution in [3.8, 4) is 17.1 Å². The minimum atomic E-state index is -0.312. The van der Waals surface area contributed by atoms with E-state index < -0.39 is 0 Å². The third-order valence-corrected chi connectivity index (χ3v) is 5.41. The Kier molecular flexibility index (Phi) is 6.31. The Morgan fingerprint density at radius 3 is 2.65 bits per heavy atom. The van der Waals surface area contributed by atoms with Crippen LogP contribution in [0, 0.1) is 0 Å². The predicted octanol–water partition coefficient (Wildman–Crippen LogP) is 1.35. The van der Waals surface area contributed by atoms with Gasteiger partial charge in [-0.25, -0.2) is 19.7 Å². The van der Waals surface area contributed by atoms with Gasteiger partial charge in [0.2, 0.25) is 17.8 Å². The number of rotatable bonds is 6. The van der Waals surface area contributed by atoms with Gasteiger partial charge in [0.15, 0.2) is 0 Å². The van der Waals surface area contributed by atoms with Gasteiger partial charge in [0.25, 0.3) is 0 Å². The van der Waals surface area contributed by atoms with E-state index in [1.54, 1.807) is 37.3 Å². The maximum atomic E-state index is 11.9. The van der Waals surface area contributed by atoms with E-state index in [0.717, 1.165) is 5.56 Å². The third-order valence-electron chi connectivity index (χ3n) is 5.41. The number of nitrogens with zero attached hydrogens (tertiary/aromatic N) is 6. The largest absolute Gasteiger partial charge is 0.474 e. The van der Waals surface area contributed by atoms with E-state index in [1.807, 2.05) is 0 Å². The Morgan fingerprint density at radius 1 is 1.26 bits per heavy atom. The summed E-state index contributed by atoms with van der Waals surface area (Å²) in [7, 11) is 1.75. The Hall–Kier alpha value is -3.21. The zero-order chi connectivity index (χ0) is 21.8. The molecular formula is C20H27N7O4. The van der Waals surface area contributed by atoms with Crippen LogP contribution in [-0.4, -0.2) is 83.0 Å². The first kappa shape index (κ1) is 21.0. The van der Waals surface area contributed by atoms with Gasteiger partial charge in [0, 0.05) is 63.0 Å². The Balaban J connectivity index is 1.49. The minimum Gasteiger partial charge on any atom is -0.474 e. The van der Waals surface area contributed by atoms with Crippen LogP contribution in [0.25, 0.3) is 11.3 Å². The zero-order valence-corrected chi connectivity index (χ0v) is 17.7. The van der Waals surface area contributed by atoms with Gasteiger partial charge in [0.05, 0.1) is 25.5 Å². The van der Waals surface area contributed by atoms with E-state index in [2.05, 4.69) is 24.8 Å². The maximum Gasteiger partial charge on any atom is 0.409 e. The van der Waals surface area contributed by atoms with Crippen LogP contribution in [0.4, 0.5) is 16.7 Å². The maximum absolute atomic E-state index is 11.9. The smallest absolute Gasteiger partial charge is 0.409 e. The van der Waals surface area contributed by atoms with Gasteiger partial charge in [-0.2, -0.15) is 4.98 Å². The monoisotopic (exact) mass is 429 g/mol. The van der Waals surface area contributed by atoms with E-state index in [-0.39, 0.29) is 24.2 Å². The third kappa shape index (κ3) is 4.93. The molecule has 2 fully saturated rings. The lowest BCUT2D eigenvalue weighted by Gasteiger charge is -2.40. The van der Waals surface area contributed by atoms with Crippen molar-refractivity contribution in [1.29, 1.82) is 0 Å². The van der Waals surface area contributed by atoms with Gasteiger partial charge in [-0.05, 0) is 6.92 Å². The summed E-state index contributed by atoms with van der Waals surface area (Å²) in [5, 5.41) is 0. The second kappa shape index (κ2) is 9.29. The molecule has 11 nitrogen and oxygen atoms in total. The van der Waals surface area contributed by atoms with Gasteiger partial charge >= 0.3 is 6.09 Å². The van der Waals surface area contributed by atoms with Crippen LogP contribution in [0.2, 0.25) is 0 Å². The molecule has 0 bridgehead atoms. The normalized spacial score (nSPS) is 20.6. The van der Waals surface area contributed by atoms with E-state index in [0.29, 0.717) is 63.3 Å². The summed E-state index contributed by atoms with van der Waals surface area (Å²) >= 11 is 0. The summed E-state index contributed by atoms with van der Waals surface area (Å²) in [5.41, 5.74) is 7.00. The number of nitrogens with two attached hydrogens (primary N) is 1. The van der Waals surface area contributed by atoms with Crippen LogP contribution in [0.15, 0.2) is 18.5 Å². The van der Waals surface area contributed by atoms with Gasteiger partial charge in [0.1, 0.15) is 6.10 Å². The molecule has 0 atom stereocenters. The van der Waals surface area contributed by atoms with Gasteiger partial charge < -0.3 is 29.7 Å². The lowest BCUT2D eigenvalue weighted by Crippen LogP contribution is -2.50. The fourth-order valence-corrected chi connectivity index (χ4v) is 3.49. The number of hydrogen-bond acceptors (Lipinski definition) is 10. The van der Waals surface area contributed by atoms with Crippen LogP contribution in [-0.2, 0) is 9.47 Å². The zero-order valence-electron chi connectivity index (χ0n) is 17.7. The molecule has 11 heteroatoms. The fraction of sp³-hybridized carbons (Fsp3) is 0.550.